The van der Waals surface area contributed by atoms with Gasteiger partial charge in [-0.25, -0.2) is 0 Å². The van der Waals surface area contributed by atoms with Crippen LogP contribution in [0.15, 0.2) is 0 Å². The molecule has 0 heterocycles. The molecule has 202 valence electrons. The zero-order valence-corrected chi connectivity index (χ0v) is 23.2. The van der Waals surface area contributed by atoms with E-state index in [-0.39, 0.29) is 11.9 Å². The highest BCUT2D eigenvalue weighted by Crippen LogP contribution is 2.17. The lowest BCUT2D eigenvalue weighted by Crippen LogP contribution is -2.28. The van der Waals surface area contributed by atoms with E-state index >= 15 is 0 Å². The van der Waals surface area contributed by atoms with E-state index in [9.17, 15) is 9.59 Å². The molecule has 0 rings (SSSR count). The van der Waals surface area contributed by atoms with E-state index in [2.05, 4.69) is 20.8 Å². The Labute approximate surface area is 212 Å². The molecular formula is C30H58O4. The molecule has 4 nitrogen and oxygen atoms in total. The minimum Gasteiger partial charge on any atom is -0.465 e. The zero-order valence-electron chi connectivity index (χ0n) is 23.2. The molecule has 0 N–H and O–H groups in total. The van der Waals surface area contributed by atoms with Crippen LogP contribution in [0, 0.1) is 5.92 Å². The fraction of sp³-hybridized carbons (Fsp3) is 0.933. The van der Waals surface area contributed by atoms with Gasteiger partial charge >= 0.3 is 11.9 Å². The third kappa shape index (κ3) is 21.5. The van der Waals surface area contributed by atoms with Crippen LogP contribution in [0.4, 0.5) is 0 Å². The maximum absolute atomic E-state index is 12.7. The molecule has 0 aromatic rings. The number of ether oxygens (including phenoxy) is 2. The summed E-state index contributed by atoms with van der Waals surface area (Å²) < 4.78 is 11.0. The van der Waals surface area contributed by atoms with Crippen LogP contribution < -0.4 is 0 Å². The van der Waals surface area contributed by atoms with Gasteiger partial charge in [0.2, 0.25) is 0 Å². The second-order valence-electron chi connectivity index (χ2n) is 10.0. The van der Waals surface area contributed by atoms with Crippen LogP contribution >= 0.6 is 0 Å². The molecule has 0 bridgehead atoms. The van der Waals surface area contributed by atoms with Gasteiger partial charge in [-0.2, -0.15) is 0 Å². The Bertz CT molecular complexity index is 417. The topological polar surface area (TPSA) is 52.6 Å². The largest absolute Gasteiger partial charge is 0.465 e. The lowest BCUT2D eigenvalue weighted by molar-refractivity contribution is -0.162. The summed E-state index contributed by atoms with van der Waals surface area (Å²) in [5.74, 6) is -1.49. The molecule has 4 heteroatoms. The summed E-state index contributed by atoms with van der Waals surface area (Å²) in [6, 6.07) is 0. The number of carbonyl (C=O) groups is 2. The molecule has 0 aliphatic heterocycles. The van der Waals surface area contributed by atoms with Gasteiger partial charge in [-0.15, -0.1) is 0 Å². The molecule has 0 radical (unpaired) electrons. The minimum absolute atomic E-state index is 0.374. The first-order chi connectivity index (χ1) is 16.7. The molecule has 0 aromatic heterocycles. The van der Waals surface area contributed by atoms with E-state index in [0.29, 0.717) is 19.6 Å². The Morgan fingerprint density at radius 3 is 1.09 bits per heavy atom. The van der Waals surface area contributed by atoms with Gasteiger partial charge < -0.3 is 9.47 Å². The third-order valence-electron chi connectivity index (χ3n) is 6.65. The second kappa shape index (κ2) is 26.5. The Kier molecular flexibility index (Phi) is 25.7. The summed E-state index contributed by atoms with van der Waals surface area (Å²) in [6.45, 7) is 7.51. The van der Waals surface area contributed by atoms with Gasteiger partial charge in [0.25, 0.3) is 0 Å². The van der Waals surface area contributed by atoms with Crippen LogP contribution in [0.5, 0.6) is 0 Å². The predicted molar refractivity (Wildman–Crippen MR) is 144 cm³/mol. The van der Waals surface area contributed by atoms with Crippen LogP contribution in [0.25, 0.3) is 0 Å². The molecular weight excluding hydrogens is 424 g/mol. The fourth-order valence-electron chi connectivity index (χ4n) is 4.30. The summed E-state index contributed by atoms with van der Waals surface area (Å²) in [5.41, 5.74) is 0. The first-order valence-electron chi connectivity index (χ1n) is 15.0. The van der Waals surface area contributed by atoms with Gasteiger partial charge in [0.1, 0.15) is 0 Å². The minimum atomic E-state index is -0.746. The number of esters is 2. The molecule has 34 heavy (non-hydrogen) atoms. The molecule has 0 saturated carbocycles. The van der Waals surface area contributed by atoms with Crippen molar-refractivity contribution < 1.29 is 19.1 Å². The Balaban J connectivity index is 4.24. The van der Waals surface area contributed by atoms with E-state index < -0.39 is 5.92 Å². The van der Waals surface area contributed by atoms with Crippen molar-refractivity contribution in [1.82, 2.24) is 0 Å². The van der Waals surface area contributed by atoms with Gasteiger partial charge in [-0.05, 0) is 19.3 Å². The van der Waals surface area contributed by atoms with Crippen molar-refractivity contribution in [1.29, 1.82) is 0 Å². The van der Waals surface area contributed by atoms with E-state index in [1.54, 1.807) is 0 Å². The van der Waals surface area contributed by atoms with Crippen molar-refractivity contribution in [2.45, 2.75) is 162 Å². The van der Waals surface area contributed by atoms with Gasteiger partial charge in [-0.3, -0.25) is 9.59 Å². The summed E-state index contributed by atoms with van der Waals surface area (Å²) in [4.78, 5) is 25.4. The Morgan fingerprint density at radius 1 is 0.441 bits per heavy atom. The molecule has 0 amide bonds. The quantitative estimate of drug-likeness (QED) is 0.0700. The second-order valence-corrected chi connectivity index (χ2v) is 10.0. The molecule has 0 spiro atoms. The summed E-state index contributed by atoms with van der Waals surface area (Å²) >= 11 is 0. The highest BCUT2D eigenvalue weighted by molar-refractivity contribution is 5.94. The maximum Gasteiger partial charge on any atom is 0.320 e. The Hall–Kier alpha value is -1.06. The van der Waals surface area contributed by atoms with Crippen molar-refractivity contribution in [2.24, 2.45) is 5.92 Å². The number of carbonyl (C=O) groups excluding carboxylic acids is 2. The molecule has 0 aliphatic rings. The smallest absolute Gasteiger partial charge is 0.320 e. The zero-order chi connectivity index (χ0) is 25.1. The van der Waals surface area contributed by atoms with E-state index in [4.69, 9.17) is 9.47 Å². The van der Waals surface area contributed by atoms with Crippen molar-refractivity contribution in [3.8, 4) is 0 Å². The van der Waals surface area contributed by atoms with Gasteiger partial charge in [0, 0.05) is 0 Å². The molecule has 0 unspecified atom stereocenters. The molecule has 0 aromatic carbocycles. The van der Waals surface area contributed by atoms with Crippen LogP contribution in [-0.4, -0.2) is 25.2 Å². The summed E-state index contributed by atoms with van der Waals surface area (Å²) in [6.07, 6.45) is 25.3. The number of unbranched alkanes of at least 4 members (excludes halogenated alkanes) is 18. The van der Waals surface area contributed by atoms with Crippen LogP contribution in [0.3, 0.4) is 0 Å². The van der Waals surface area contributed by atoms with Crippen LogP contribution in [-0.2, 0) is 19.1 Å². The lowest BCUT2D eigenvalue weighted by atomic mass is 10.00. The normalized spacial score (nSPS) is 11.2. The summed E-state index contributed by atoms with van der Waals surface area (Å²) in [5, 5.41) is 0. The molecule has 0 saturated heterocycles. The van der Waals surface area contributed by atoms with Crippen molar-refractivity contribution in [3.63, 3.8) is 0 Å². The highest BCUT2D eigenvalue weighted by Gasteiger charge is 2.29. The monoisotopic (exact) mass is 482 g/mol. The fourth-order valence-corrected chi connectivity index (χ4v) is 4.30. The number of hydrogen-bond donors (Lipinski definition) is 0. The average molecular weight is 483 g/mol. The number of rotatable bonds is 26. The van der Waals surface area contributed by atoms with Crippen LogP contribution in [0.2, 0.25) is 0 Å². The predicted octanol–water partition coefficient (Wildman–Crippen LogP) is 9.33. The van der Waals surface area contributed by atoms with E-state index in [1.807, 2.05) is 0 Å². The van der Waals surface area contributed by atoms with Gasteiger partial charge in [0.15, 0.2) is 5.92 Å². The molecule has 0 aliphatic carbocycles. The lowest BCUT2D eigenvalue weighted by Gasteiger charge is -2.15. The SMILES string of the molecule is CCCCCCCCCOC(=O)C(CCCCCCCCC)C(=O)OCCCCCCCCC. The van der Waals surface area contributed by atoms with E-state index in [1.165, 1.54) is 96.3 Å². The maximum atomic E-state index is 12.7. The highest BCUT2D eigenvalue weighted by atomic mass is 16.6. The summed E-state index contributed by atoms with van der Waals surface area (Å²) in [7, 11) is 0. The standard InChI is InChI=1S/C30H58O4/c1-4-7-10-13-16-19-22-25-28(29(31)33-26-23-20-17-14-11-8-5-2)30(32)34-27-24-21-18-15-12-9-6-3/h28H,4-27H2,1-3H3. The van der Waals surface area contributed by atoms with Gasteiger partial charge in [-0.1, -0.05) is 143 Å². The Morgan fingerprint density at radius 2 is 0.735 bits per heavy atom. The van der Waals surface area contributed by atoms with Crippen LogP contribution in [0.1, 0.15) is 162 Å². The molecule has 0 atom stereocenters. The third-order valence-corrected chi connectivity index (χ3v) is 6.65. The first kappa shape index (κ1) is 32.9. The number of hydrogen-bond acceptors (Lipinski definition) is 4. The van der Waals surface area contributed by atoms with Crippen molar-refractivity contribution in [2.75, 3.05) is 13.2 Å². The van der Waals surface area contributed by atoms with Crippen molar-refractivity contribution >= 4 is 11.9 Å². The van der Waals surface area contributed by atoms with Crippen molar-refractivity contribution in [3.05, 3.63) is 0 Å². The van der Waals surface area contributed by atoms with Gasteiger partial charge in [0.05, 0.1) is 13.2 Å². The average Bonchev–Trinajstić information content (AvgIpc) is 2.84. The van der Waals surface area contributed by atoms with E-state index in [0.717, 1.165) is 38.5 Å². The first-order valence-corrected chi connectivity index (χ1v) is 15.0. The molecule has 0 fully saturated rings.